The van der Waals surface area contributed by atoms with E-state index in [0.29, 0.717) is 25.6 Å². The number of methoxy groups -OCH3 is 1. The van der Waals surface area contributed by atoms with E-state index < -0.39 is 5.60 Å². The lowest BCUT2D eigenvalue weighted by Crippen LogP contribution is -2.41. The molecule has 5 nitrogen and oxygen atoms in total. The molecule has 0 aliphatic rings. The lowest BCUT2D eigenvalue weighted by atomic mass is 10.1. The molecule has 22 heavy (non-hydrogen) atoms. The van der Waals surface area contributed by atoms with E-state index in [0.717, 1.165) is 19.3 Å². The molecule has 0 aromatic rings. The summed E-state index contributed by atoms with van der Waals surface area (Å²) in [5.74, 6) is 2.69. The number of carbonyl (C=O) groups is 1. The Morgan fingerprint density at radius 3 is 2.50 bits per heavy atom. The number of rotatable bonds is 10. The fraction of sp³-hybridized carbons (Fsp3) is 0.824. The van der Waals surface area contributed by atoms with E-state index in [9.17, 15) is 4.79 Å². The van der Waals surface area contributed by atoms with Crippen LogP contribution >= 0.6 is 0 Å². The van der Waals surface area contributed by atoms with Gasteiger partial charge in [0.15, 0.2) is 0 Å². The van der Waals surface area contributed by atoms with Crippen LogP contribution in [0, 0.1) is 12.3 Å². The van der Waals surface area contributed by atoms with Gasteiger partial charge in [-0.15, -0.1) is 12.3 Å². The van der Waals surface area contributed by atoms with E-state index >= 15 is 0 Å². The highest BCUT2D eigenvalue weighted by atomic mass is 16.6. The molecule has 2 unspecified atom stereocenters. The molecule has 0 spiro atoms. The van der Waals surface area contributed by atoms with Gasteiger partial charge in [-0.05, 0) is 40.0 Å². The van der Waals surface area contributed by atoms with E-state index in [-0.39, 0.29) is 12.1 Å². The molecule has 0 aliphatic carbocycles. The number of carbonyl (C=O) groups excluding carboxylic acids is 1. The Morgan fingerprint density at radius 2 is 2.00 bits per heavy atom. The van der Waals surface area contributed by atoms with Crippen molar-refractivity contribution in [3.63, 3.8) is 0 Å². The molecule has 0 fully saturated rings. The Kier molecular flexibility index (Phi) is 10.7. The number of ether oxygens (including phenoxy) is 2. The van der Waals surface area contributed by atoms with Crippen molar-refractivity contribution in [1.82, 2.24) is 10.6 Å². The monoisotopic (exact) mass is 312 g/mol. The number of nitrogens with one attached hydrogen (secondary N) is 2. The van der Waals surface area contributed by atoms with Crippen LogP contribution in [0.25, 0.3) is 0 Å². The summed E-state index contributed by atoms with van der Waals surface area (Å²) in [5, 5.41) is 6.29. The van der Waals surface area contributed by atoms with E-state index in [2.05, 4.69) is 23.5 Å². The van der Waals surface area contributed by atoms with Gasteiger partial charge >= 0.3 is 6.09 Å². The lowest BCUT2D eigenvalue weighted by molar-refractivity contribution is 0.0526. The standard InChI is InChI=1S/C17H32N2O3/c1-7-10-14(8-2)19-15(13-21-6)11-9-12-18-16(20)22-17(3,4)5/h1,14-15,19H,8-13H2,2-6H3,(H,18,20). The predicted octanol–water partition coefficient (Wildman–Crippen LogP) is 2.70. The normalized spacial score (nSPS) is 14.0. The molecule has 5 heteroatoms. The van der Waals surface area contributed by atoms with Crippen molar-refractivity contribution in [1.29, 1.82) is 0 Å². The first-order chi connectivity index (χ1) is 10.3. The van der Waals surface area contributed by atoms with Crippen LogP contribution in [0.2, 0.25) is 0 Å². The molecule has 2 N–H and O–H groups in total. The first kappa shape index (κ1) is 20.8. The van der Waals surface area contributed by atoms with Crippen LogP contribution in [0.5, 0.6) is 0 Å². The van der Waals surface area contributed by atoms with Crippen molar-refractivity contribution >= 4 is 6.09 Å². The molecule has 1 amide bonds. The minimum atomic E-state index is -0.464. The largest absolute Gasteiger partial charge is 0.444 e. The topological polar surface area (TPSA) is 59.6 Å². The highest BCUT2D eigenvalue weighted by molar-refractivity contribution is 5.67. The van der Waals surface area contributed by atoms with Crippen molar-refractivity contribution in [3.8, 4) is 12.3 Å². The third-order valence-electron chi connectivity index (χ3n) is 3.09. The number of hydrogen-bond donors (Lipinski definition) is 2. The summed E-state index contributed by atoms with van der Waals surface area (Å²) in [6.07, 6.45) is 8.47. The molecule has 0 saturated carbocycles. The summed E-state index contributed by atoms with van der Waals surface area (Å²) >= 11 is 0. The van der Waals surface area contributed by atoms with Crippen molar-refractivity contribution in [2.24, 2.45) is 0 Å². The van der Waals surface area contributed by atoms with Crippen LogP contribution in [0.15, 0.2) is 0 Å². The van der Waals surface area contributed by atoms with Gasteiger partial charge in [-0.25, -0.2) is 4.79 Å². The molecule has 0 rings (SSSR count). The van der Waals surface area contributed by atoms with Crippen LogP contribution in [-0.2, 0) is 9.47 Å². The van der Waals surface area contributed by atoms with Crippen LogP contribution in [0.4, 0.5) is 4.79 Å². The average molecular weight is 312 g/mol. The van der Waals surface area contributed by atoms with E-state index in [4.69, 9.17) is 15.9 Å². The summed E-state index contributed by atoms with van der Waals surface area (Å²) in [6, 6.07) is 0.549. The molecule has 0 aromatic heterocycles. The second-order valence-electron chi connectivity index (χ2n) is 6.40. The van der Waals surface area contributed by atoms with Gasteiger partial charge in [0, 0.05) is 32.2 Å². The Morgan fingerprint density at radius 1 is 1.32 bits per heavy atom. The van der Waals surface area contributed by atoms with Gasteiger partial charge in [-0.1, -0.05) is 6.92 Å². The Labute approximate surface area is 135 Å². The predicted molar refractivity (Wildman–Crippen MR) is 89.8 cm³/mol. The molecule has 128 valence electrons. The molecule has 0 heterocycles. The molecule has 0 aliphatic heterocycles. The summed E-state index contributed by atoms with van der Waals surface area (Å²) in [5.41, 5.74) is -0.464. The fourth-order valence-corrected chi connectivity index (χ4v) is 2.07. The summed E-state index contributed by atoms with van der Waals surface area (Å²) in [4.78, 5) is 11.5. The number of alkyl carbamates (subject to hydrolysis) is 1. The van der Waals surface area contributed by atoms with Crippen LogP contribution in [0.3, 0.4) is 0 Å². The first-order valence-corrected chi connectivity index (χ1v) is 7.97. The van der Waals surface area contributed by atoms with Gasteiger partial charge in [0.2, 0.25) is 0 Å². The smallest absolute Gasteiger partial charge is 0.407 e. The zero-order chi connectivity index (χ0) is 17.0. The Hall–Kier alpha value is -1.25. The van der Waals surface area contributed by atoms with Gasteiger partial charge in [0.1, 0.15) is 5.60 Å². The Bertz CT molecular complexity index is 345. The summed E-state index contributed by atoms with van der Waals surface area (Å²) in [6.45, 7) is 8.88. The molecule has 2 atom stereocenters. The highest BCUT2D eigenvalue weighted by Gasteiger charge is 2.16. The quantitative estimate of drug-likeness (QED) is 0.481. The van der Waals surface area contributed by atoms with Gasteiger partial charge in [0.05, 0.1) is 6.61 Å². The van der Waals surface area contributed by atoms with Gasteiger partial charge in [0.25, 0.3) is 0 Å². The minimum absolute atomic E-state index is 0.240. The van der Waals surface area contributed by atoms with Crippen LogP contribution in [0.1, 0.15) is 53.4 Å². The summed E-state index contributed by atoms with van der Waals surface area (Å²) < 4.78 is 10.4. The second-order valence-corrected chi connectivity index (χ2v) is 6.40. The van der Waals surface area contributed by atoms with Crippen molar-refractivity contribution in [2.45, 2.75) is 71.1 Å². The maximum atomic E-state index is 11.5. The molecule has 0 aromatic carbocycles. The maximum Gasteiger partial charge on any atom is 0.407 e. The van der Waals surface area contributed by atoms with Gasteiger partial charge in [-0.3, -0.25) is 0 Å². The second kappa shape index (κ2) is 11.3. The average Bonchev–Trinajstić information content (AvgIpc) is 2.41. The van der Waals surface area contributed by atoms with E-state index in [1.54, 1.807) is 7.11 Å². The third kappa shape index (κ3) is 11.4. The fourth-order valence-electron chi connectivity index (χ4n) is 2.07. The van der Waals surface area contributed by atoms with Crippen LogP contribution < -0.4 is 10.6 Å². The molecule has 0 radical (unpaired) electrons. The zero-order valence-corrected chi connectivity index (χ0v) is 14.7. The lowest BCUT2D eigenvalue weighted by Gasteiger charge is -2.24. The molecule has 0 saturated heterocycles. The molecular weight excluding hydrogens is 280 g/mol. The SMILES string of the molecule is C#CCC(CC)NC(CCCNC(=O)OC(C)(C)C)COC. The molecule has 0 bridgehead atoms. The Balaban J connectivity index is 4.05. The van der Waals surface area contributed by atoms with Gasteiger partial charge in [-0.2, -0.15) is 0 Å². The number of amides is 1. The molecular formula is C17H32N2O3. The third-order valence-corrected chi connectivity index (χ3v) is 3.09. The van der Waals surface area contributed by atoms with Crippen molar-refractivity contribution in [2.75, 3.05) is 20.3 Å². The van der Waals surface area contributed by atoms with Crippen molar-refractivity contribution in [3.05, 3.63) is 0 Å². The van der Waals surface area contributed by atoms with Crippen molar-refractivity contribution < 1.29 is 14.3 Å². The number of hydrogen-bond acceptors (Lipinski definition) is 4. The number of terminal acetylenes is 1. The maximum absolute atomic E-state index is 11.5. The highest BCUT2D eigenvalue weighted by Crippen LogP contribution is 2.07. The van der Waals surface area contributed by atoms with Gasteiger partial charge < -0.3 is 20.1 Å². The minimum Gasteiger partial charge on any atom is -0.444 e. The van der Waals surface area contributed by atoms with Crippen LogP contribution in [-0.4, -0.2) is 44.0 Å². The van der Waals surface area contributed by atoms with E-state index in [1.807, 2.05) is 20.8 Å². The summed E-state index contributed by atoms with van der Waals surface area (Å²) in [7, 11) is 1.69. The zero-order valence-electron chi connectivity index (χ0n) is 14.7. The van der Waals surface area contributed by atoms with E-state index in [1.165, 1.54) is 0 Å². The first-order valence-electron chi connectivity index (χ1n) is 7.97.